The number of sulfone groups is 1. The second-order valence-corrected chi connectivity index (χ2v) is 14.4. The van der Waals surface area contributed by atoms with E-state index in [0.717, 1.165) is 11.1 Å². The summed E-state index contributed by atoms with van der Waals surface area (Å²) in [7, 11) is -1.93. The van der Waals surface area contributed by atoms with Crippen molar-refractivity contribution in [1.29, 1.82) is 0 Å². The number of carbonyl (C=O) groups is 1. The van der Waals surface area contributed by atoms with E-state index in [9.17, 15) is 13.2 Å². The van der Waals surface area contributed by atoms with Crippen molar-refractivity contribution in [1.82, 2.24) is 25.1 Å². The number of amides is 1. The normalized spacial score (nSPS) is 21.3. The third-order valence-electron chi connectivity index (χ3n) is 6.94. The Hall–Kier alpha value is -2.53. The van der Waals surface area contributed by atoms with E-state index in [1.165, 1.54) is 4.80 Å². The summed E-state index contributed by atoms with van der Waals surface area (Å²) in [5, 5.41) is 13.2. The number of halogens is 2. The summed E-state index contributed by atoms with van der Waals surface area (Å²) in [5.74, 6) is -0.182. The Bertz CT molecular complexity index is 1420. The number of hydrogen-bond donors (Lipinski definition) is 0. The molecule has 3 aromatic rings. The van der Waals surface area contributed by atoms with Gasteiger partial charge in [-0.25, -0.2) is 8.42 Å². The Balaban J connectivity index is 1.87. The number of tetrazole rings is 1. The van der Waals surface area contributed by atoms with Crippen LogP contribution in [0.2, 0.25) is 10.0 Å². The molecule has 2 heterocycles. The van der Waals surface area contributed by atoms with Gasteiger partial charge in [-0.3, -0.25) is 4.79 Å². The zero-order valence-electron chi connectivity index (χ0n) is 22.6. The van der Waals surface area contributed by atoms with Gasteiger partial charge in [-0.05, 0) is 67.8 Å². The molecular weight excluding hydrogens is 561 g/mol. The molecule has 1 fully saturated rings. The van der Waals surface area contributed by atoms with Crippen LogP contribution in [0.4, 0.5) is 0 Å². The summed E-state index contributed by atoms with van der Waals surface area (Å²) in [6, 6.07) is 13.2. The minimum atomic E-state index is -3.57. The van der Waals surface area contributed by atoms with Crippen LogP contribution in [-0.2, 0) is 32.8 Å². The number of benzene rings is 2. The number of hydrogen-bond acceptors (Lipinski definition) is 7. The SMILES string of the molecule is CCC(CS(=O)(=O)C(C)(C)C)N1C(=O)C(Cc2nnn(C)n2)OC(c2cccc(Cl)c2)C1c1ccc(Cl)cc1. The van der Waals surface area contributed by atoms with E-state index in [2.05, 4.69) is 15.4 Å². The van der Waals surface area contributed by atoms with Crippen LogP contribution in [-0.4, -0.2) is 62.1 Å². The van der Waals surface area contributed by atoms with E-state index in [4.69, 9.17) is 27.9 Å². The van der Waals surface area contributed by atoms with Crippen LogP contribution in [0, 0.1) is 0 Å². The summed E-state index contributed by atoms with van der Waals surface area (Å²) < 4.78 is 32.3. The molecule has 0 bridgehead atoms. The first-order valence-electron chi connectivity index (χ1n) is 12.7. The highest BCUT2D eigenvalue weighted by molar-refractivity contribution is 7.92. The summed E-state index contributed by atoms with van der Waals surface area (Å²) in [6.45, 7) is 6.90. The lowest BCUT2D eigenvalue weighted by Crippen LogP contribution is -2.57. The van der Waals surface area contributed by atoms with Crippen LogP contribution < -0.4 is 0 Å². The van der Waals surface area contributed by atoms with E-state index in [0.29, 0.717) is 22.3 Å². The second kappa shape index (κ2) is 11.5. The van der Waals surface area contributed by atoms with Gasteiger partial charge in [-0.2, -0.15) is 4.80 Å². The Morgan fingerprint density at radius 3 is 2.31 bits per heavy atom. The van der Waals surface area contributed by atoms with Crippen LogP contribution in [0.5, 0.6) is 0 Å². The largest absolute Gasteiger partial charge is 0.357 e. The monoisotopic (exact) mass is 593 g/mol. The van der Waals surface area contributed by atoms with Crippen LogP contribution in [0.3, 0.4) is 0 Å². The van der Waals surface area contributed by atoms with Gasteiger partial charge in [0.1, 0.15) is 12.2 Å². The molecule has 4 rings (SSSR count). The van der Waals surface area contributed by atoms with Crippen LogP contribution in [0.1, 0.15) is 63.2 Å². The molecule has 4 atom stereocenters. The molecule has 210 valence electrons. The van der Waals surface area contributed by atoms with Crippen molar-refractivity contribution in [3.8, 4) is 0 Å². The number of rotatable bonds is 8. The van der Waals surface area contributed by atoms with Crippen LogP contribution in [0.15, 0.2) is 48.5 Å². The zero-order chi connectivity index (χ0) is 28.5. The van der Waals surface area contributed by atoms with Crippen molar-refractivity contribution >= 4 is 38.9 Å². The summed E-state index contributed by atoms with van der Waals surface area (Å²) in [4.78, 5) is 17.2. The first-order valence-corrected chi connectivity index (χ1v) is 15.1. The molecule has 4 unspecified atom stereocenters. The smallest absolute Gasteiger partial charge is 0.253 e. The molecule has 39 heavy (non-hydrogen) atoms. The van der Waals surface area contributed by atoms with Gasteiger partial charge in [0.2, 0.25) is 0 Å². The van der Waals surface area contributed by atoms with Crippen LogP contribution in [0.25, 0.3) is 0 Å². The predicted molar refractivity (Wildman–Crippen MR) is 150 cm³/mol. The van der Waals surface area contributed by atoms with Gasteiger partial charge >= 0.3 is 0 Å². The van der Waals surface area contributed by atoms with Gasteiger partial charge in [0.25, 0.3) is 5.91 Å². The Kier molecular flexibility index (Phi) is 8.70. The lowest BCUT2D eigenvalue weighted by molar-refractivity contribution is -0.178. The number of nitrogens with zero attached hydrogens (tertiary/aromatic N) is 5. The molecule has 0 spiro atoms. The molecule has 1 aliphatic heterocycles. The molecule has 2 aromatic carbocycles. The van der Waals surface area contributed by atoms with Gasteiger partial charge in [-0.1, -0.05) is 54.4 Å². The van der Waals surface area contributed by atoms with Gasteiger partial charge in [0.15, 0.2) is 15.7 Å². The molecule has 1 saturated heterocycles. The van der Waals surface area contributed by atoms with Crippen molar-refractivity contribution in [3.63, 3.8) is 0 Å². The van der Waals surface area contributed by atoms with Crippen molar-refractivity contribution in [2.75, 3.05) is 5.75 Å². The quantitative estimate of drug-likeness (QED) is 0.370. The predicted octanol–water partition coefficient (Wildman–Crippen LogP) is 4.76. The summed E-state index contributed by atoms with van der Waals surface area (Å²) in [6.07, 6.45) is -1.12. The maximum atomic E-state index is 14.2. The standard InChI is InChI=1S/C27H33Cl2N5O4S/c1-6-21(16-39(36,37)27(2,3)4)34-24(17-10-12-19(28)13-11-17)25(18-8-7-9-20(29)14-18)38-22(26(34)35)15-23-30-32-33(5)31-23/h7-14,21-22,24-25H,6,15-16H2,1-5H3. The third kappa shape index (κ3) is 6.45. The lowest BCUT2D eigenvalue weighted by Gasteiger charge is -2.48. The Morgan fingerprint density at radius 2 is 1.74 bits per heavy atom. The van der Waals surface area contributed by atoms with Gasteiger partial charge < -0.3 is 9.64 Å². The first-order chi connectivity index (χ1) is 18.3. The highest BCUT2D eigenvalue weighted by atomic mass is 35.5. The van der Waals surface area contributed by atoms with Crippen molar-refractivity contribution in [2.24, 2.45) is 7.05 Å². The fraction of sp³-hybridized carbons (Fsp3) is 0.481. The number of ether oxygens (including phenoxy) is 1. The molecule has 1 amide bonds. The zero-order valence-corrected chi connectivity index (χ0v) is 24.9. The number of aryl methyl sites for hydroxylation is 1. The van der Waals surface area contributed by atoms with Crippen LogP contribution >= 0.6 is 23.2 Å². The summed E-state index contributed by atoms with van der Waals surface area (Å²) in [5.41, 5.74) is 1.52. The molecule has 0 aliphatic carbocycles. The average Bonchev–Trinajstić information content (AvgIpc) is 3.28. The van der Waals surface area contributed by atoms with Crippen molar-refractivity contribution in [3.05, 3.63) is 75.5 Å². The van der Waals surface area contributed by atoms with E-state index in [-0.39, 0.29) is 18.1 Å². The van der Waals surface area contributed by atoms with Crippen molar-refractivity contribution < 1.29 is 17.9 Å². The third-order valence-corrected chi connectivity index (χ3v) is 10.1. The van der Waals surface area contributed by atoms with E-state index in [1.54, 1.807) is 57.0 Å². The highest BCUT2D eigenvalue weighted by Crippen LogP contribution is 2.45. The first kappa shape index (κ1) is 29.5. The Morgan fingerprint density at radius 1 is 1.05 bits per heavy atom. The Labute approximate surface area is 239 Å². The molecule has 9 nitrogen and oxygen atoms in total. The number of carbonyl (C=O) groups excluding carboxylic acids is 1. The molecule has 0 saturated carbocycles. The topological polar surface area (TPSA) is 107 Å². The minimum absolute atomic E-state index is 0.0794. The molecular formula is C27H33Cl2N5O4S. The maximum Gasteiger partial charge on any atom is 0.253 e. The molecule has 1 aliphatic rings. The van der Waals surface area contributed by atoms with E-state index >= 15 is 0 Å². The van der Waals surface area contributed by atoms with Gasteiger partial charge in [0, 0.05) is 22.5 Å². The highest BCUT2D eigenvalue weighted by Gasteiger charge is 2.48. The van der Waals surface area contributed by atoms with E-state index in [1.807, 2.05) is 31.2 Å². The van der Waals surface area contributed by atoms with Gasteiger partial charge in [0.05, 0.1) is 23.6 Å². The maximum absolute atomic E-state index is 14.2. The van der Waals surface area contributed by atoms with Gasteiger partial charge in [-0.15, -0.1) is 10.2 Å². The lowest BCUT2D eigenvalue weighted by atomic mass is 9.89. The second-order valence-electron chi connectivity index (χ2n) is 10.7. The average molecular weight is 595 g/mol. The fourth-order valence-corrected chi connectivity index (χ4v) is 6.44. The number of aromatic nitrogens is 4. The summed E-state index contributed by atoms with van der Waals surface area (Å²) >= 11 is 12.6. The number of morpholine rings is 1. The molecule has 12 heteroatoms. The molecule has 0 N–H and O–H groups in total. The van der Waals surface area contributed by atoms with E-state index < -0.39 is 38.9 Å². The molecule has 0 radical (unpaired) electrons. The molecule has 1 aromatic heterocycles. The van der Waals surface area contributed by atoms with Crippen molar-refractivity contribution in [2.45, 2.75) is 69.6 Å². The fourth-order valence-electron chi connectivity index (χ4n) is 4.71. The minimum Gasteiger partial charge on any atom is -0.357 e.